The molecular formula is C15H24N2O2. The number of ether oxygens (including phenoxy) is 1. The van der Waals surface area contributed by atoms with Gasteiger partial charge in [-0.25, -0.2) is 4.79 Å². The van der Waals surface area contributed by atoms with Gasteiger partial charge in [0, 0.05) is 11.2 Å². The lowest BCUT2D eigenvalue weighted by atomic mass is 9.96. The number of anilines is 1. The van der Waals surface area contributed by atoms with Crippen LogP contribution in [0.4, 0.5) is 10.5 Å². The second-order valence-corrected chi connectivity index (χ2v) is 6.49. The van der Waals surface area contributed by atoms with Gasteiger partial charge in [-0.05, 0) is 58.7 Å². The highest BCUT2D eigenvalue weighted by molar-refractivity contribution is 5.84. The van der Waals surface area contributed by atoms with Crippen molar-refractivity contribution in [3.05, 3.63) is 29.8 Å². The SMILES string of the molecule is CC(C)(N)Cc1cccc(NC(=O)OC(C)(C)C)c1. The van der Waals surface area contributed by atoms with E-state index in [-0.39, 0.29) is 5.54 Å². The number of rotatable bonds is 3. The summed E-state index contributed by atoms with van der Waals surface area (Å²) in [5.74, 6) is 0. The summed E-state index contributed by atoms with van der Waals surface area (Å²) in [6, 6.07) is 7.64. The van der Waals surface area contributed by atoms with Gasteiger partial charge in [0.25, 0.3) is 0 Å². The molecule has 0 aliphatic heterocycles. The largest absolute Gasteiger partial charge is 0.444 e. The summed E-state index contributed by atoms with van der Waals surface area (Å²) < 4.78 is 5.21. The summed E-state index contributed by atoms with van der Waals surface area (Å²) in [4.78, 5) is 11.7. The van der Waals surface area contributed by atoms with E-state index in [1.165, 1.54) is 0 Å². The number of nitrogens with two attached hydrogens (primary N) is 1. The van der Waals surface area contributed by atoms with Crippen LogP contribution in [0.2, 0.25) is 0 Å². The van der Waals surface area contributed by atoms with Crippen LogP contribution in [-0.2, 0) is 11.2 Å². The van der Waals surface area contributed by atoms with Crippen LogP contribution in [0, 0.1) is 0 Å². The van der Waals surface area contributed by atoms with E-state index >= 15 is 0 Å². The van der Waals surface area contributed by atoms with E-state index in [0.717, 1.165) is 17.7 Å². The van der Waals surface area contributed by atoms with Gasteiger partial charge in [0.05, 0.1) is 0 Å². The third-order valence-electron chi connectivity index (χ3n) is 2.23. The van der Waals surface area contributed by atoms with Crippen molar-refractivity contribution in [3.63, 3.8) is 0 Å². The Bertz CT molecular complexity index is 442. The highest BCUT2D eigenvalue weighted by Gasteiger charge is 2.16. The molecule has 4 nitrogen and oxygen atoms in total. The highest BCUT2D eigenvalue weighted by atomic mass is 16.6. The lowest BCUT2D eigenvalue weighted by Crippen LogP contribution is -2.34. The van der Waals surface area contributed by atoms with E-state index in [1.807, 2.05) is 58.9 Å². The predicted octanol–water partition coefficient (Wildman–Crippen LogP) is 3.31. The molecule has 0 saturated carbocycles. The molecule has 0 unspecified atom stereocenters. The van der Waals surface area contributed by atoms with Gasteiger partial charge in [0.1, 0.15) is 5.60 Å². The predicted molar refractivity (Wildman–Crippen MR) is 78.3 cm³/mol. The van der Waals surface area contributed by atoms with E-state index in [0.29, 0.717) is 0 Å². The summed E-state index contributed by atoms with van der Waals surface area (Å²) in [6.07, 6.45) is 0.299. The maximum Gasteiger partial charge on any atom is 0.412 e. The van der Waals surface area contributed by atoms with Crippen molar-refractivity contribution in [2.24, 2.45) is 5.73 Å². The fraction of sp³-hybridized carbons (Fsp3) is 0.533. The van der Waals surface area contributed by atoms with Gasteiger partial charge in [-0.1, -0.05) is 12.1 Å². The minimum atomic E-state index is -0.499. The average molecular weight is 264 g/mol. The van der Waals surface area contributed by atoms with E-state index < -0.39 is 11.7 Å². The molecule has 0 fully saturated rings. The minimum Gasteiger partial charge on any atom is -0.444 e. The number of hydrogen-bond acceptors (Lipinski definition) is 3. The highest BCUT2D eigenvalue weighted by Crippen LogP contribution is 2.16. The summed E-state index contributed by atoms with van der Waals surface area (Å²) in [5, 5.41) is 2.72. The van der Waals surface area contributed by atoms with E-state index in [1.54, 1.807) is 0 Å². The molecule has 4 heteroatoms. The van der Waals surface area contributed by atoms with Crippen LogP contribution in [0.15, 0.2) is 24.3 Å². The molecule has 1 aromatic carbocycles. The molecule has 0 saturated heterocycles. The fourth-order valence-corrected chi connectivity index (χ4v) is 1.71. The number of hydrogen-bond donors (Lipinski definition) is 2. The number of amides is 1. The summed E-state index contributed by atoms with van der Waals surface area (Å²) in [5.41, 5.74) is 7.02. The van der Waals surface area contributed by atoms with Gasteiger partial charge >= 0.3 is 6.09 Å². The maximum atomic E-state index is 11.7. The Labute approximate surface area is 115 Å². The Kier molecular flexibility index (Phi) is 4.58. The molecule has 0 heterocycles. The van der Waals surface area contributed by atoms with Gasteiger partial charge in [-0.3, -0.25) is 5.32 Å². The Balaban J connectivity index is 2.70. The van der Waals surface area contributed by atoms with E-state index in [4.69, 9.17) is 10.5 Å². The van der Waals surface area contributed by atoms with Crippen molar-refractivity contribution in [1.29, 1.82) is 0 Å². The Morgan fingerprint density at radius 1 is 1.26 bits per heavy atom. The molecule has 1 amide bonds. The Morgan fingerprint density at radius 3 is 2.42 bits per heavy atom. The van der Waals surface area contributed by atoms with Gasteiger partial charge in [-0.2, -0.15) is 0 Å². The summed E-state index contributed by atoms with van der Waals surface area (Å²) in [7, 11) is 0. The summed E-state index contributed by atoms with van der Waals surface area (Å²) in [6.45, 7) is 9.45. The molecular weight excluding hydrogens is 240 g/mol. The molecule has 1 aromatic rings. The van der Waals surface area contributed by atoms with Crippen LogP contribution in [0.5, 0.6) is 0 Å². The summed E-state index contributed by atoms with van der Waals surface area (Å²) >= 11 is 0. The quantitative estimate of drug-likeness (QED) is 0.880. The molecule has 0 radical (unpaired) electrons. The van der Waals surface area contributed by atoms with Gasteiger partial charge in [0.2, 0.25) is 0 Å². The van der Waals surface area contributed by atoms with E-state index in [9.17, 15) is 4.79 Å². The van der Waals surface area contributed by atoms with Crippen molar-refractivity contribution < 1.29 is 9.53 Å². The molecule has 0 aromatic heterocycles. The van der Waals surface area contributed by atoms with Crippen LogP contribution >= 0.6 is 0 Å². The number of benzene rings is 1. The second-order valence-electron chi connectivity index (χ2n) is 6.49. The monoisotopic (exact) mass is 264 g/mol. The van der Waals surface area contributed by atoms with Crippen molar-refractivity contribution in [1.82, 2.24) is 0 Å². The lowest BCUT2D eigenvalue weighted by Gasteiger charge is -2.20. The van der Waals surface area contributed by atoms with Crippen LogP contribution in [0.3, 0.4) is 0 Å². The van der Waals surface area contributed by atoms with Crippen LogP contribution < -0.4 is 11.1 Å². The molecule has 1 rings (SSSR count). The zero-order chi connectivity index (χ0) is 14.7. The molecule has 0 aliphatic carbocycles. The zero-order valence-electron chi connectivity index (χ0n) is 12.4. The third-order valence-corrected chi connectivity index (χ3v) is 2.23. The van der Waals surface area contributed by atoms with Crippen LogP contribution in [0.1, 0.15) is 40.2 Å². The first-order valence-corrected chi connectivity index (χ1v) is 6.43. The van der Waals surface area contributed by atoms with Gasteiger partial charge < -0.3 is 10.5 Å². The fourth-order valence-electron chi connectivity index (χ4n) is 1.71. The van der Waals surface area contributed by atoms with Crippen molar-refractivity contribution in [3.8, 4) is 0 Å². The van der Waals surface area contributed by atoms with Crippen LogP contribution in [-0.4, -0.2) is 17.2 Å². The van der Waals surface area contributed by atoms with Crippen molar-refractivity contribution in [2.75, 3.05) is 5.32 Å². The number of nitrogens with one attached hydrogen (secondary N) is 1. The smallest absolute Gasteiger partial charge is 0.412 e. The number of carbonyl (C=O) groups excluding carboxylic acids is 1. The normalized spacial score (nSPS) is 12.1. The van der Waals surface area contributed by atoms with Crippen LogP contribution in [0.25, 0.3) is 0 Å². The first-order chi connectivity index (χ1) is 8.55. The van der Waals surface area contributed by atoms with Gasteiger partial charge in [0.15, 0.2) is 0 Å². The lowest BCUT2D eigenvalue weighted by molar-refractivity contribution is 0.0636. The maximum absolute atomic E-state index is 11.7. The molecule has 0 atom stereocenters. The van der Waals surface area contributed by atoms with Gasteiger partial charge in [-0.15, -0.1) is 0 Å². The van der Waals surface area contributed by atoms with Crippen molar-refractivity contribution >= 4 is 11.8 Å². The van der Waals surface area contributed by atoms with Crippen molar-refractivity contribution in [2.45, 2.75) is 52.2 Å². The molecule has 19 heavy (non-hydrogen) atoms. The standard InChI is InChI=1S/C15H24N2O2/c1-14(2,3)19-13(18)17-12-8-6-7-11(9-12)10-15(4,5)16/h6-9H,10,16H2,1-5H3,(H,17,18). The first-order valence-electron chi connectivity index (χ1n) is 6.43. The van der Waals surface area contributed by atoms with E-state index in [2.05, 4.69) is 5.32 Å². The molecule has 0 bridgehead atoms. The minimum absolute atomic E-state index is 0.273. The molecule has 106 valence electrons. The average Bonchev–Trinajstić information content (AvgIpc) is 2.11. The topological polar surface area (TPSA) is 64.3 Å². The molecule has 0 aliphatic rings. The Morgan fingerprint density at radius 2 is 1.89 bits per heavy atom. The molecule has 0 spiro atoms. The zero-order valence-corrected chi connectivity index (χ0v) is 12.4. The second kappa shape index (κ2) is 5.61. The third kappa shape index (κ3) is 6.82. The molecule has 3 N–H and O–H groups in total. The first kappa shape index (κ1) is 15.5. The Hall–Kier alpha value is -1.55. The number of carbonyl (C=O) groups is 1.